The molecule has 2 aliphatic rings. The quantitative estimate of drug-likeness (QED) is 0.844. The Morgan fingerprint density at radius 2 is 2.06 bits per heavy atom. The third-order valence-electron chi connectivity index (χ3n) is 3.43. The highest BCUT2D eigenvalue weighted by Gasteiger charge is 2.28. The first-order valence-corrected chi connectivity index (χ1v) is 6.08. The molecule has 1 fully saturated rings. The molecule has 2 atom stereocenters. The molecule has 0 aromatic heterocycles. The largest absolute Gasteiger partial charge is 0.486 e. The predicted octanol–water partition coefficient (Wildman–Crippen LogP) is 1.49. The molecule has 2 heterocycles. The highest BCUT2D eigenvalue weighted by atomic mass is 16.6. The smallest absolute Gasteiger partial charge is 0.166 e. The summed E-state index contributed by atoms with van der Waals surface area (Å²) in [6.45, 7) is 2.76. The molecule has 0 bridgehead atoms. The fraction of sp³-hybridized carbons (Fsp3) is 0.538. The van der Waals surface area contributed by atoms with Gasteiger partial charge in [0.05, 0.1) is 6.61 Å². The van der Waals surface area contributed by atoms with Crippen molar-refractivity contribution in [1.82, 2.24) is 0 Å². The van der Waals surface area contributed by atoms with Crippen LogP contribution in [0.5, 0.6) is 11.5 Å². The molecular weight excluding hydrogens is 218 g/mol. The monoisotopic (exact) mass is 235 g/mol. The van der Waals surface area contributed by atoms with Gasteiger partial charge in [0, 0.05) is 24.1 Å². The van der Waals surface area contributed by atoms with Gasteiger partial charge in [0.15, 0.2) is 11.5 Å². The van der Waals surface area contributed by atoms with Gasteiger partial charge in [0.25, 0.3) is 0 Å². The van der Waals surface area contributed by atoms with Gasteiger partial charge in [-0.25, -0.2) is 0 Å². The van der Waals surface area contributed by atoms with E-state index >= 15 is 0 Å². The molecule has 4 heteroatoms. The standard InChI is InChI=1S/C13H17NO3/c14-12(9-4-5-15-8-9)10-2-1-3-11-13(10)17-7-6-16-11/h1-3,9,12H,4-8,14H2. The third kappa shape index (κ3) is 1.98. The number of hydrogen-bond acceptors (Lipinski definition) is 4. The van der Waals surface area contributed by atoms with Crippen molar-refractivity contribution in [3.05, 3.63) is 23.8 Å². The summed E-state index contributed by atoms with van der Waals surface area (Å²) in [6, 6.07) is 5.89. The summed E-state index contributed by atoms with van der Waals surface area (Å²) in [4.78, 5) is 0. The van der Waals surface area contributed by atoms with Crippen LogP contribution in [-0.2, 0) is 4.74 Å². The second kappa shape index (κ2) is 4.55. The molecule has 1 saturated heterocycles. The normalized spacial score (nSPS) is 24.6. The lowest BCUT2D eigenvalue weighted by atomic mass is 9.92. The molecule has 3 rings (SSSR count). The van der Waals surface area contributed by atoms with Gasteiger partial charge >= 0.3 is 0 Å². The average molecular weight is 235 g/mol. The van der Waals surface area contributed by atoms with Crippen LogP contribution in [0.3, 0.4) is 0 Å². The fourth-order valence-electron chi connectivity index (χ4n) is 2.45. The Morgan fingerprint density at radius 3 is 2.88 bits per heavy atom. The molecule has 2 unspecified atom stereocenters. The minimum absolute atomic E-state index is 0.0332. The van der Waals surface area contributed by atoms with E-state index in [0.29, 0.717) is 19.1 Å². The molecular formula is C13H17NO3. The topological polar surface area (TPSA) is 53.7 Å². The lowest BCUT2D eigenvalue weighted by Crippen LogP contribution is -2.24. The van der Waals surface area contributed by atoms with Gasteiger partial charge in [-0.2, -0.15) is 0 Å². The van der Waals surface area contributed by atoms with Gasteiger partial charge in [-0.3, -0.25) is 0 Å². The van der Waals surface area contributed by atoms with Crippen molar-refractivity contribution >= 4 is 0 Å². The number of fused-ring (bicyclic) bond motifs is 1. The van der Waals surface area contributed by atoms with E-state index in [-0.39, 0.29) is 6.04 Å². The van der Waals surface area contributed by atoms with Crippen molar-refractivity contribution in [2.24, 2.45) is 11.7 Å². The third-order valence-corrected chi connectivity index (χ3v) is 3.43. The summed E-state index contributed by atoms with van der Waals surface area (Å²) >= 11 is 0. The fourth-order valence-corrected chi connectivity index (χ4v) is 2.45. The number of nitrogens with two attached hydrogens (primary N) is 1. The Labute approximate surface area is 101 Å². The lowest BCUT2D eigenvalue weighted by molar-refractivity contribution is 0.165. The van der Waals surface area contributed by atoms with E-state index in [4.69, 9.17) is 19.9 Å². The van der Waals surface area contributed by atoms with Crippen LogP contribution in [0.25, 0.3) is 0 Å². The highest BCUT2D eigenvalue weighted by Crippen LogP contribution is 2.39. The molecule has 92 valence electrons. The van der Waals surface area contributed by atoms with Crippen LogP contribution in [0.2, 0.25) is 0 Å². The molecule has 1 aromatic carbocycles. The zero-order valence-electron chi connectivity index (χ0n) is 9.72. The molecule has 17 heavy (non-hydrogen) atoms. The van der Waals surface area contributed by atoms with Crippen LogP contribution in [0, 0.1) is 5.92 Å². The summed E-state index contributed by atoms with van der Waals surface area (Å²) < 4.78 is 16.6. The Morgan fingerprint density at radius 1 is 1.18 bits per heavy atom. The SMILES string of the molecule is NC(c1cccc2c1OCCO2)C1CCOC1. The number of ether oxygens (including phenoxy) is 3. The van der Waals surface area contributed by atoms with Gasteiger partial charge in [-0.15, -0.1) is 0 Å². The van der Waals surface area contributed by atoms with Crippen molar-refractivity contribution in [2.45, 2.75) is 12.5 Å². The van der Waals surface area contributed by atoms with E-state index in [1.165, 1.54) is 0 Å². The summed E-state index contributed by atoms with van der Waals surface area (Å²) in [5.41, 5.74) is 7.35. The van der Waals surface area contributed by atoms with Gasteiger partial charge in [-0.1, -0.05) is 12.1 Å². The molecule has 2 aliphatic heterocycles. The molecule has 0 saturated carbocycles. The minimum Gasteiger partial charge on any atom is -0.486 e. The first-order valence-electron chi connectivity index (χ1n) is 6.08. The van der Waals surface area contributed by atoms with Crippen molar-refractivity contribution in [3.8, 4) is 11.5 Å². The Balaban J connectivity index is 1.91. The summed E-state index contributed by atoms with van der Waals surface area (Å²) in [7, 11) is 0. The van der Waals surface area contributed by atoms with Gasteiger partial charge < -0.3 is 19.9 Å². The zero-order valence-corrected chi connectivity index (χ0v) is 9.72. The highest BCUT2D eigenvalue weighted by molar-refractivity contribution is 5.49. The van der Waals surface area contributed by atoms with Crippen molar-refractivity contribution in [3.63, 3.8) is 0 Å². The van der Waals surface area contributed by atoms with Crippen LogP contribution >= 0.6 is 0 Å². The maximum atomic E-state index is 6.31. The molecule has 2 N–H and O–H groups in total. The number of para-hydroxylation sites is 1. The summed E-state index contributed by atoms with van der Waals surface area (Å²) in [5, 5.41) is 0. The maximum Gasteiger partial charge on any atom is 0.166 e. The maximum absolute atomic E-state index is 6.31. The second-order valence-corrected chi connectivity index (χ2v) is 4.52. The Bertz CT molecular complexity index is 402. The van der Waals surface area contributed by atoms with Crippen molar-refractivity contribution < 1.29 is 14.2 Å². The van der Waals surface area contributed by atoms with E-state index in [1.54, 1.807) is 0 Å². The van der Waals surface area contributed by atoms with Gasteiger partial charge in [0.1, 0.15) is 13.2 Å². The van der Waals surface area contributed by atoms with E-state index in [2.05, 4.69) is 0 Å². The predicted molar refractivity (Wildman–Crippen MR) is 63.3 cm³/mol. The van der Waals surface area contributed by atoms with Gasteiger partial charge in [-0.05, 0) is 12.5 Å². The van der Waals surface area contributed by atoms with Crippen molar-refractivity contribution in [1.29, 1.82) is 0 Å². The van der Waals surface area contributed by atoms with Crippen LogP contribution < -0.4 is 15.2 Å². The molecule has 4 nitrogen and oxygen atoms in total. The molecule has 0 spiro atoms. The molecule has 0 amide bonds. The average Bonchev–Trinajstić information content (AvgIpc) is 2.91. The number of rotatable bonds is 2. The zero-order chi connectivity index (χ0) is 11.7. The van der Waals surface area contributed by atoms with Crippen LogP contribution in [0.1, 0.15) is 18.0 Å². The first kappa shape index (κ1) is 10.9. The van der Waals surface area contributed by atoms with Crippen LogP contribution in [0.4, 0.5) is 0 Å². The van der Waals surface area contributed by atoms with Crippen LogP contribution in [-0.4, -0.2) is 26.4 Å². The summed E-state index contributed by atoms with van der Waals surface area (Å²) in [5.74, 6) is 2.01. The first-order chi connectivity index (χ1) is 8.36. The Hall–Kier alpha value is -1.26. The van der Waals surface area contributed by atoms with Gasteiger partial charge in [0.2, 0.25) is 0 Å². The van der Waals surface area contributed by atoms with Crippen molar-refractivity contribution in [2.75, 3.05) is 26.4 Å². The lowest BCUT2D eigenvalue weighted by Gasteiger charge is -2.25. The molecule has 1 aromatic rings. The number of hydrogen-bond donors (Lipinski definition) is 1. The van der Waals surface area contributed by atoms with E-state index in [1.807, 2.05) is 18.2 Å². The molecule has 0 aliphatic carbocycles. The number of benzene rings is 1. The Kier molecular flexibility index (Phi) is 2.91. The molecule has 0 radical (unpaired) electrons. The minimum atomic E-state index is -0.0332. The van der Waals surface area contributed by atoms with E-state index in [0.717, 1.165) is 36.7 Å². The van der Waals surface area contributed by atoms with Crippen LogP contribution in [0.15, 0.2) is 18.2 Å². The van der Waals surface area contributed by atoms with E-state index < -0.39 is 0 Å². The second-order valence-electron chi connectivity index (χ2n) is 4.52. The van der Waals surface area contributed by atoms with E-state index in [9.17, 15) is 0 Å². The summed E-state index contributed by atoms with van der Waals surface area (Å²) in [6.07, 6.45) is 1.02.